The number of carbonyl (C=O) groups is 1. The van der Waals surface area contributed by atoms with E-state index in [0.717, 1.165) is 64.2 Å². The molecule has 28 heavy (non-hydrogen) atoms. The molecule has 0 spiro atoms. The van der Waals surface area contributed by atoms with Gasteiger partial charge in [0.1, 0.15) is 9.71 Å². The Morgan fingerprint density at radius 3 is 2.93 bits per heavy atom. The normalized spacial score (nSPS) is 14.9. The highest BCUT2D eigenvalue weighted by atomic mass is 32.1. The predicted molar refractivity (Wildman–Crippen MR) is 108 cm³/mol. The first kappa shape index (κ1) is 17.3. The van der Waals surface area contributed by atoms with E-state index in [4.69, 9.17) is 24.9 Å². The summed E-state index contributed by atoms with van der Waals surface area (Å²) in [5.41, 5.74) is 11.3. The van der Waals surface area contributed by atoms with E-state index in [0.29, 0.717) is 17.2 Å². The van der Waals surface area contributed by atoms with Crippen LogP contribution in [0.2, 0.25) is 0 Å². The largest absolute Gasteiger partial charge is 0.462 e. The minimum atomic E-state index is -0.391. The molecule has 3 aromatic rings. The van der Waals surface area contributed by atoms with Crippen molar-refractivity contribution in [1.29, 1.82) is 0 Å². The fourth-order valence-corrected chi connectivity index (χ4v) is 5.04. The summed E-state index contributed by atoms with van der Waals surface area (Å²) in [6, 6.07) is 5.94. The third-order valence-electron chi connectivity index (χ3n) is 5.28. The SMILES string of the molecule is CCOC(=O)c1sc2nc3c(c(-c4ccc5c(c4)OCO5)c2c1N)CCCC3. The number of thiophene rings is 1. The second-order valence-electron chi connectivity index (χ2n) is 6.93. The van der Waals surface area contributed by atoms with Gasteiger partial charge in [0.15, 0.2) is 11.5 Å². The Balaban J connectivity index is 1.79. The molecule has 0 saturated carbocycles. The number of benzene rings is 1. The second-order valence-corrected chi connectivity index (χ2v) is 7.93. The smallest absolute Gasteiger partial charge is 0.350 e. The van der Waals surface area contributed by atoms with Crippen LogP contribution in [0.5, 0.6) is 11.5 Å². The van der Waals surface area contributed by atoms with Crippen LogP contribution in [0.3, 0.4) is 0 Å². The van der Waals surface area contributed by atoms with Gasteiger partial charge in [-0.15, -0.1) is 11.3 Å². The average Bonchev–Trinajstić information content (AvgIpc) is 3.30. The van der Waals surface area contributed by atoms with Crippen LogP contribution in [-0.2, 0) is 17.6 Å². The van der Waals surface area contributed by atoms with Crippen molar-refractivity contribution < 1.29 is 19.0 Å². The van der Waals surface area contributed by atoms with Gasteiger partial charge in [0, 0.05) is 11.1 Å². The minimum absolute atomic E-state index is 0.232. The van der Waals surface area contributed by atoms with Crippen molar-refractivity contribution in [1.82, 2.24) is 4.98 Å². The Morgan fingerprint density at radius 1 is 1.25 bits per heavy atom. The van der Waals surface area contributed by atoms with Crippen molar-refractivity contribution in [2.24, 2.45) is 0 Å². The molecule has 2 aliphatic rings. The van der Waals surface area contributed by atoms with Gasteiger partial charge in [-0.3, -0.25) is 0 Å². The van der Waals surface area contributed by atoms with E-state index in [9.17, 15) is 4.79 Å². The third kappa shape index (κ3) is 2.61. The van der Waals surface area contributed by atoms with E-state index >= 15 is 0 Å². The van der Waals surface area contributed by atoms with Crippen LogP contribution in [0.4, 0.5) is 5.69 Å². The Bertz CT molecular complexity index is 1110. The van der Waals surface area contributed by atoms with Gasteiger partial charge in [0.2, 0.25) is 6.79 Å². The van der Waals surface area contributed by atoms with Gasteiger partial charge in [-0.2, -0.15) is 0 Å². The Morgan fingerprint density at radius 2 is 2.07 bits per heavy atom. The maximum Gasteiger partial charge on any atom is 0.350 e. The first-order chi connectivity index (χ1) is 13.7. The number of rotatable bonds is 3. The third-order valence-corrected chi connectivity index (χ3v) is 6.36. The number of ether oxygens (including phenoxy) is 3. The number of aryl methyl sites for hydroxylation is 1. The topological polar surface area (TPSA) is 83.7 Å². The molecular weight excluding hydrogens is 376 g/mol. The number of nitrogens with two attached hydrogens (primary N) is 1. The van der Waals surface area contributed by atoms with Crippen LogP contribution in [0.25, 0.3) is 21.3 Å². The molecule has 0 radical (unpaired) electrons. The molecule has 2 aromatic heterocycles. The van der Waals surface area contributed by atoms with E-state index in [1.807, 2.05) is 18.2 Å². The summed E-state index contributed by atoms with van der Waals surface area (Å²) in [6.45, 7) is 2.33. The van der Waals surface area contributed by atoms with Gasteiger partial charge >= 0.3 is 5.97 Å². The van der Waals surface area contributed by atoms with Gasteiger partial charge < -0.3 is 19.9 Å². The summed E-state index contributed by atoms with van der Waals surface area (Å²) in [5.74, 6) is 1.08. The van der Waals surface area contributed by atoms with E-state index in [1.54, 1.807) is 6.92 Å². The average molecular weight is 396 g/mol. The zero-order valence-corrected chi connectivity index (χ0v) is 16.4. The van der Waals surface area contributed by atoms with Crippen LogP contribution in [0, 0.1) is 0 Å². The van der Waals surface area contributed by atoms with Gasteiger partial charge in [0.25, 0.3) is 0 Å². The molecule has 7 heteroatoms. The maximum atomic E-state index is 12.4. The molecule has 2 N–H and O–H groups in total. The number of anilines is 1. The number of carbonyl (C=O) groups excluding carboxylic acids is 1. The number of esters is 1. The molecule has 0 amide bonds. The molecule has 0 unspecified atom stereocenters. The monoisotopic (exact) mass is 396 g/mol. The summed E-state index contributed by atoms with van der Waals surface area (Å²) in [4.78, 5) is 18.5. The standard InChI is InChI=1S/C21H20N2O4S/c1-2-25-21(24)19-18(22)17-16(11-7-8-14-15(9-11)27-10-26-14)12-5-3-4-6-13(12)23-20(17)28-19/h7-9H,2-6,10,22H2,1H3. The number of nitrogen functional groups attached to an aromatic ring is 1. The van der Waals surface area contributed by atoms with Crippen LogP contribution < -0.4 is 15.2 Å². The van der Waals surface area contributed by atoms with E-state index in [1.165, 1.54) is 16.9 Å². The molecule has 6 nitrogen and oxygen atoms in total. The molecule has 0 fully saturated rings. The number of pyridine rings is 1. The van der Waals surface area contributed by atoms with Gasteiger partial charge in [-0.1, -0.05) is 6.07 Å². The summed E-state index contributed by atoms with van der Waals surface area (Å²) in [5, 5.41) is 0.840. The molecule has 0 atom stereocenters. The van der Waals surface area contributed by atoms with Crippen molar-refractivity contribution in [2.45, 2.75) is 32.6 Å². The van der Waals surface area contributed by atoms with Crippen molar-refractivity contribution in [3.05, 3.63) is 34.3 Å². The number of aromatic nitrogens is 1. The first-order valence-corrected chi connectivity index (χ1v) is 10.3. The highest BCUT2D eigenvalue weighted by Crippen LogP contribution is 2.46. The molecule has 1 aromatic carbocycles. The molecule has 5 rings (SSSR count). The van der Waals surface area contributed by atoms with E-state index < -0.39 is 5.97 Å². The Hall–Kier alpha value is -2.80. The van der Waals surface area contributed by atoms with E-state index in [2.05, 4.69) is 0 Å². The van der Waals surface area contributed by atoms with E-state index in [-0.39, 0.29) is 6.79 Å². The molecule has 144 valence electrons. The lowest BCUT2D eigenvalue weighted by Gasteiger charge is -2.20. The highest BCUT2D eigenvalue weighted by molar-refractivity contribution is 7.21. The lowest BCUT2D eigenvalue weighted by molar-refractivity contribution is 0.0533. The molecule has 3 heterocycles. The summed E-state index contributed by atoms with van der Waals surface area (Å²) >= 11 is 1.31. The Labute approximate surface area is 166 Å². The quantitative estimate of drug-likeness (QED) is 0.664. The lowest BCUT2D eigenvalue weighted by atomic mass is 9.87. The van der Waals surface area contributed by atoms with Crippen LogP contribution in [-0.4, -0.2) is 24.4 Å². The number of fused-ring (bicyclic) bond motifs is 3. The van der Waals surface area contributed by atoms with Crippen LogP contribution >= 0.6 is 11.3 Å². The number of hydrogen-bond donors (Lipinski definition) is 1. The van der Waals surface area contributed by atoms with Crippen molar-refractivity contribution in [2.75, 3.05) is 19.1 Å². The number of hydrogen-bond acceptors (Lipinski definition) is 7. The highest BCUT2D eigenvalue weighted by Gasteiger charge is 2.27. The van der Waals surface area contributed by atoms with Crippen LogP contribution in [0.1, 0.15) is 40.7 Å². The zero-order chi connectivity index (χ0) is 19.3. The molecule has 0 bridgehead atoms. The van der Waals surface area contributed by atoms with Crippen molar-refractivity contribution >= 4 is 33.2 Å². The molecule has 1 aliphatic carbocycles. The van der Waals surface area contributed by atoms with Crippen molar-refractivity contribution in [3.63, 3.8) is 0 Å². The van der Waals surface area contributed by atoms with Gasteiger partial charge in [0.05, 0.1) is 12.3 Å². The zero-order valence-electron chi connectivity index (χ0n) is 15.5. The van der Waals surface area contributed by atoms with Crippen LogP contribution in [0.15, 0.2) is 18.2 Å². The lowest BCUT2D eigenvalue weighted by Crippen LogP contribution is -2.08. The summed E-state index contributed by atoms with van der Waals surface area (Å²) in [6.07, 6.45) is 4.13. The number of nitrogens with zero attached hydrogens (tertiary/aromatic N) is 1. The molecular formula is C21H20N2O4S. The fraction of sp³-hybridized carbons (Fsp3) is 0.333. The van der Waals surface area contributed by atoms with Gasteiger partial charge in [-0.25, -0.2) is 9.78 Å². The summed E-state index contributed by atoms with van der Waals surface area (Å²) in [7, 11) is 0. The first-order valence-electron chi connectivity index (χ1n) is 9.48. The summed E-state index contributed by atoms with van der Waals surface area (Å²) < 4.78 is 16.2. The molecule has 1 aliphatic heterocycles. The maximum absolute atomic E-state index is 12.4. The second kappa shape index (κ2) is 6.67. The van der Waals surface area contributed by atoms with Gasteiger partial charge in [-0.05, 0) is 61.4 Å². The fourth-order valence-electron chi connectivity index (χ4n) is 4.03. The Kier molecular flexibility index (Phi) is 4.12. The molecule has 0 saturated heterocycles. The minimum Gasteiger partial charge on any atom is -0.462 e. The predicted octanol–water partition coefficient (Wildman–Crippen LogP) is 4.33. The van der Waals surface area contributed by atoms with Crippen molar-refractivity contribution in [3.8, 4) is 22.6 Å².